The summed E-state index contributed by atoms with van der Waals surface area (Å²) < 4.78 is 28.0. The van der Waals surface area contributed by atoms with Crippen molar-refractivity contribution in [3.05, 3.63) is 70.6 Å². The molecule has 1 nitrogen and oxygen atoms in total. The number of benzene rings is 2. The van der Waals surface area contributed by atoms with Crippen LogP contribution < -0.4 is 0 Å². The molecule has 1 aromatic heterocycles. The van der Waals surface area contributed by atoms with Crippen LogP contribution in [-0.4, -0.2) is 5.11 Å². The molecule has 1 aliphatic carbocycles. The Bertz CT molecular complexity index is 854. The number of hydrogen-bond donors (Lipinski definition) is 1. The fourth-order valence-corrected chi connectivity index (χ4v) is 3.84. The van der Waals surface area contributed by atoms with Crippen molar-refractivity contribution in [3.8, 4) is 21.6 Å². The molecule has 3 aromatic rings. The molecule has 2 aromatic carbocycles. The second kappa shape index (κ2) is 4.48. The van der Waals surface area contributed by atoms with Gasteiger partial charge >= 0.3 is 0 Å². The number of aliphatic hydroxyl groups is 1. The van der Waals surface area contributed by atoms with E-state index in [2.05, 4.69) is 0 Å². The highest BCUT2D eigenvalue weighted by Gasteiger charge is 2.29. The first-order chi connectivity index (χ1) is 10.2. The number of aliphatic hydroxyl groups excluding tert-OH is 1. The van der Waals surface area contributed by atoms with Gasteiger partial charge in [-0.25, -0.2) is 8.78 Å². The molecule has 1 unspecified atom stereocenters. The van der Waals surface area contributed by atoms with E-state index in [-0.39, 0.29) is 5.56 Å². The molecule has 0 saturated heterocycles. The Hall–Kier alpha value is -2.04. The van der Waals surface area contributed by atoms with Crippen LogP contribution in [0.4, 0.5) is 8.78 Å². The summed E-state index contributed by atoms with van der Waals surface area (Å²) >= 11 is 1.46. The van der Waals surface area contributed by atoms with E-state index in [1.165, 1.54) is 17.4 Å². The first kappa shape index (κ1) is 12.7. The quantitative estimate of drug-likeness (QED) is 0.635. The standard InChI is InChI=1S/C17H10F2OS/c18-13-6-5-11-14(15(13)19)12-7-8-21-17(12)10-4-2-1-3-9(10)16(11)20/h1-8,16,20H. The normalized spacial score (nSPS) is 15.9. The van der Waals surface area contributed by atoms with Crippen molar-refractivity contribution in [1.82, 2.24) is 0 Å². The Morgan fingerprint density at radius 2 is 1.71 bits per heavy atom. The third-order valence-electron chi connectivity index (χ3n) is 3.86. The molecule has 0 saturated carbocycles. The Labute approximate surface area is 124 Å². The summed E-state index contributed by atoms with van der Waals surface area (Å²) in [7, 11) is 0. The van der Waals surface area contributed by atoms with E-state index in [1.807, 2.05) is 29.6 Å². The maximum atomic E-state index is 14.3. The van der Waals surface area contributed by atoms with Gasteiger partial charge in [-0.05, 0) is 34.2 Å². The molecule has 4 rings (SSSR count). The van der Waals surface area contributed by atoms with Crippen LogP contribution in [0.15, 0.2) is 47.8 Å². The maximum Gasteiger partial charge on any atom is 0.167 e. The van der Waals surface area contributed by atoms with Gasteiger partial charge in [-0.3, -0.25) is 0 Å². The average Bonchev–Trinajstić information content (AvgIpc) is 2.94. The van der Waals surface area contributed by atoms with Gasteiger partial charge in [0.2, 0.25) is 0 Å². The van der Waals surface area contributed by atoms with Gasteiger partial charge in [-0.1, -0.05) is 30.3 Å². The molecule has 1 atom stereocenters. The molecule has 0 aliphatic heterocycles. The second-order valence-corrected chi connectivity index (χ2v) is 5.89. The minimum absolute atomic E-state index is 0.162. The smallest absolute Gasteiger partial charge is 0.167 e. The molecule has 4 heteroatoms. The number of thiophene rings is 1. The monoisotopic (exact) mass is 300 g/mol. The van der Waals surface area contributed by atoms with Crippen LogP contribution in [0, 0.1) is 11.6 Å². The minimum Gasteiger partial charge on any atom is -0.384 e. The van der Waals surface area contributed by atoms with Crippen LogP contribution in [0.1, 0.15) is 17.2 Å². The van der Waals surface area contributed by atoms with Crippen LogP contribution in [0.25, 0.3) is 21.6 Å². The summed E-state index contributed by atoms with van der Waals surface area (Å²) in [5.41, 5.74) is 2.78. The molecule has 1 N–H and O–H groups in total. The first-order valence-corrected chi connectivity index (χ1v) is 7.39. The van der Waals surface area contributed by atoms with Crippen molar-refractivity contribution in [3.63, 3.8) is 0 Å². The predicted octanol–water partition coefficient (Wildman–Crippen LogP) is 4.76. The van der Waals surface area contributed by atoms with Gasteiger partial charge in [0, 0.05) is 16.0 Å². The lowest BCUT2D eigenvalue weighted by Gasteiger charge is -2.15. The van der Waals surface area contributed by atoms with Crippen molar-refractivity contribution in [2.24, 2.45) is 0 Å². The summed E-state index contributed by atoms with van der Waals surface area (Å²) in [5, 5.41) is 12.5. The highest BCUT2D eigenvalue weighted by Crippen LogP contribution is 2.48. The summed E-state index contributed by atoms with van der Waals surface area (Å²) in [6.45, 7) is 0. The Morgan fingerprint density at radius 1 is 0.905 bits per heavy atom. The number of rotatable bonds is 0. The van der Waals surface area contributed by atoms with E-state index < -0.39 is 17.7 Å². The molecule has 0 spiro atoms. The van der Waals surface area contributed by atoms with Crippen molar-refractivity contribution in [2.75, 3.05) is 0 Å². The lowest BCUT2D eigenvalue weighted by Crippen LogP contribution is -2.03. The fourth-order valence-electron chi connectivity index (χ4n) is 2.89. The van der Waals surface area contributed by atoms with Crippen LogP contribution >= 0.6 is 11.3 Å². The Kier molecular flexibility index (Phi) is 2.71. The summed E-state index contributed by atoms with van der Waals surface area (Å²) in [5.74, 6) is -1.80. The van der Waals surface area contributed by atoms with Crippen LogP contribution in [0.2, 0.25) is 0 Å². The van der Waals surface area contributed by atoms with Crippen molar-refractivity contribution in [2.45, 2.75) is 6.10 Å². The zero-order valence-electron chi connectivity index (χ0n) is 10.8. The summed E-state index contributed by atoms with van der Waals surface area (Å²) in [6, 6.07) is 11.7. The van der Waals surface area contributed by atoms with Crippen molar-refractivity contribution >= 4 is 11.3 Å². The van der Waals surface area contributed by atoms with Gasteiger partial charge in [-0.15, -0.1) is 11.3 Å². The third kappa shape index (κ3) is 1.69. The van der Waals surface area contributed by atoms with Gasteiger partial charge < -0.3 is 5.11 Å². The van der Waals surface area contributed by atoms with Gasteiger partial charge in [0.1, 0.15) is 6.10 Å². The SMILES string of the molecule is OC1c2ccccc2-c2sccc2-c2c1ccc(F)c2F. The highest BCUT2D eigenvalue weighted by atomic mass is 32.1. The second-order valence-electron chi connectivity index (χ2n) is 4.98. The summed E-state index contributed by atoms with van der Waals surface area (Å²) in [6.07, 6.45) is -0.967. The lowest BCUT2D eigenvalue weighted by molar-refractivity contribution is 0.221. The minimum atomic E-state index is -0.967. The van der Waals surface area contributed by atoms with Gasteiger partial charge in [0.25, 0.3) is 0 Å². The Balaban J connectivity index is 2.17. The number of halogens is 2. The van der Waals surface area contributed by atoms with Crippen molar-refractivity contribution in [1.29, 1.82) is 0 Å². The average molecular weight is 300 g/mol. The lowest BCUT2D eigenvalue weighted by atomic mass is 9.95. The zero-order chi connectivity index (χ0) is 14.6. The van der Waals surface area contributed by atoms with Crippen molar-refractivity contribution < 1.29 is 13.9 Å². The molecule has 0 amide bonds. The molecule has 104 valence electrons. The van der Waals surface area contributed by atoms with E-state index in [4.69, 9.17) is 0 Å². The summed E-state index contributed by atoms with van der Waals surface area (Å²) in [4.78, 5) is 0.855. The van der Waals surface area contributed by atoms with Crippen LogP contribution in [0.3, 0.4) is 0 Å². The van der Waals surface area contributed by atoms with Gasteiger partial charge in [-0.2, -0.15) is 0 Å². The predicted molar refractivity (Wildman–Crippen MR) is 79.2 cm³/mol. The fraction of sp³-hybridized carbons (Fsp3) is 0.0588. The zero-order valence-corrected chi connectivity index (χ0v) is 11.6. The van der Waals surface area contributed by atoms with E-state index in [0.29, 0.717) is 16.7 Å². The molecular weight excluding hydrogens is 290 g/mol. The largest absolute Gasteiger partial charge is 0.384 e. The molecule has 1 aliphatic rings. The molecule has 0 fully saturated rings. The molecule has 21 heavy (non-hydrogen) atoms. The van der Waals surface area contributed by atoms with E-state index in [1.54, 1.807) is 6.07 Å². The van der Waals surface area contributed by atoms with Gasteiger partial charge in [0.15, 0.2) is 11.6 Å². The van der Waals surface area contributed by atoms with E-state index in [0.717, 1.165) is 16.5 Å². The molecule has 0 bridgehead atoms. The first-order valence-electron chi connectivity index (χ1n) is 6.51. The van der Waals surface area contributed by atoms with Crippen LogP contribution in [0.5, 0.6) is 0 Å². The number of hydrogen-bond acceptors (Lipinski definition) is 2. The van der Waals surface area contributed by atoms with Gasteiger partial charge in [0.05, 0.1) is 0 Å². The molecule has 1 heterocycles. The Morgan fingerprint density at radius 3 is 2.57 bits per heavy atom. The topological polar surface area (TPSA) is 20.2 Å². The van der Waals surface area contributed by atoms with E-state index in [9.17, 15) is 13.9 Å². The number of fused-ring (bicyclic) bond motifs is 5. The van der Waals surface area contributed by atoms with Crippen LogP contribution in [-0.2, 0) is 0 Å². The third-order valence-corrected chi connectivity index (χ3v) is 4.80. The van der Waals surface area contributed by atoms with E-state index >= 15 is 0 Å². The highest BCUT2D eigenvalue weighted by molar-refractivity contribution is 7.14. The molecule has 0 radical (unpaired) electrons. The maximum absolute atomic E-state index is 14.3. The molecular formula is C17H10F2OS.